The average molecular weight is 229 g/mol. The Morgan fingerprint density at radius 3 is 2.50 bits per heavy atom. The second kappa shape index (κ2) is 4.51. The van der Waals surface area contributed by atoms with Gasteiger partial charge < -0.3 is 0 Å². The van der Waals surface area contributed by atoms with Gasteiger partial charge in [0.1, 0.15) is 0 Å². The number of hydrogen-bond donors (Lipinski definition) is 0. The van der Waals surface area contributed by atoms with Crippen LogP contribution < -0.4 is 0 Å². The van der Waals surface area contributed by atoms with Crippen molar-refractivity contribution in [2.24, 2.45) is 11.8 Å². The molecule has 0 aromatic heterocycles. The lowest BCUT2D eigenvalue weighted by Crippen LogP contribution is -2.32. The highest BCUT2D eigenvalue weighted by Crippen LogP contribution is 2.40. The highest BCUT2D eigenvalue weighted by molar-refractivity contribution is 6.27. The SMILES string of the molecule is O=C(CCl)[C@H]1CCC[C@H](C(F)(F)F)C1. The Balaban J connectivity index is 2.56. The lowest BCUT2D eigenvalue weighted by molar-refractivity contribution is -0.185. The van der Waals surface area contributed by atoms with Crippen molar-refractivity contribution in [3.05, 3.63) is 0 Å². The second-order valence-electron chi connectivity index (χ2n) is 3.70. The van der Waals surface area contributed by atoms with Gasteiger partial charge in [0.25, 0.3) is 0 Å². The quantitative estimate of drug-likeness (QED) is 0.664. The van der Waals surface area contributed by atoms with Gasteiger partial charge in [-0.25, -0.2) is 0 Å². The van der Waals surface area contributed by atoms with Gasteiger partial charge in [0.15, 0.2) is 5.78 Å². The average Bonchev–Trinajstić information content (AvgIpc) is 2.15. The first-order chi connectivity index (χ1) is 6.45. The molecule has 2 atom stereocenters. The van der Waals surface area contributed by atoms with E-state index in [0.29, 0.717) is 12.8 Å². The summed E-state index contributed by atoms with van der Waals surface area (Å²) in [5.41, 5.74) is 0. The maximum absolute atomic E-state index is 12.3. The number of hydrogen-bond acceptors (Lipinski definition) is 1. The summed E-state index contributed by atoms with van der Waals surface area (Å²) < 4.78 is 37.0. The van der Waals surface area contributed by atoms with Gasteiger partial charge in [0, 0.05) is 5.92 Å². The number of carbonyl (C=O) groups is 1. The van der Waals surface area contributed by atoms with Crippen LogP contribution in [-0.4, -0.2) is 17.8 Å². The van der Waals surface area contributed by atoms with E-state index in [-0.39, 0.29) is 24.5 Å². The van der Waals surface area contributed by atoms with Gasteiger partial charge in [-0.2, -0.15) is 13.2 Å². The van der Waals surface area contributed by atoms with Crippen LogP contribution in [0.5, 0.6) is 0 Å². The van der Waals surface area contributed by atoms with Gasteiger partial charge in [0.05, 0.1) is 11.8 Å². The molecule has 0 saturated heterocycles. The Labute approximate surface area is 85.6 Å². The van der Waals surface area contributed by atoms with Gasteiger partial charge in [0.2, 0.25) is 0 Å². The minimum Gasteiger partial charge on any atom is -0.298 e. The van der Waals surface area contributed by atoms with Crippen molar-refractivity contribution in [3.8, 4) is 0 Å². The second-order valence-corrected chi connectivity index (χ2v) is 3.97. The summed E-state index contributed by atoms with van der Waals surface area (Å²) in [5.74, 6) is -2.21. The van der Waals surface area contributed by atoms with E-state index in [0.717, 1.165) is 0 Å². The maximum atomic E-state index is 12.3. The highest BCUT2D eigenvalue weighted by Gasteiger charge is 2.43. The molecule has 0 N–H and O–H groups in total. The fraction of sp³-hybridized carbons (Fsp3) is 0.889. The van der Waals surface area contributed by atoms with E-state index in [2.05, 4.69) is 0 Å². The number of alkyl halides is 4. The normalized spacial score (nSPS) is 28.9. The molecule has 0 aromatic rings. The van der Waals surface area contributed by atoms with Crippen LogP contribution in [0.15, 0.2) is 0 Å². The first kappa shape index (κ1) is 11.8. The molecule has 0 bridgehead atoms. The van der Waals surface area contributed by atoms with Crippen molar-refractivity contribution in [1.29, 1.82) is 0 Å². The zero-order valence-corrected chi connectivity index (χ0v) is 8.37. The zero-order valence-electron chi connectivity index (χ0n) is 7.61. The monoisotopic (exact) mass is 228 g/mol. The fourth-order valence-corrected chi connectivity index (χ4v) is 2.11. The smallest absolute Gasteiger partial charge is 0.298 e. The third kappa shape index (κ3) is 2.87. The van der Waals surface area contributed by atoms with Crippen molar-refractivity contribution in [2.75, 3.05) is 5.88 Å². The predicted molar refractivity (Wildman–Crippen MR) is 47.2 cm³/mol. The number of rotatable bonds is 2. The molecular formula is C9H12ClF3O. The molecule has 0 amide bonds. The highest BCUT2D eigenvalue weighted by atomic mass is 35.5. The van der Waals surface area contributed by atoms with Gasteiger partial charge >= 0.3 is 6.18 Å². The van der Waals surface area contributed by atoms with Crippen molar-refractivity contribution in [2.45, 2.75) is 31.9 Å². The number of carbonyl (C=O) groups excluding carboxylic acids is 1. The Morgan fingerprint density at radius 1 is 1.36 bits per heavy atom. The van der Waals surface area contributed by atoms with Crippen molar-refractivity contribution in [3.63, 3.8) is 0 Å². The molecule has 1 aliphatic rings. The summed E-state index contributed by atoms with van der Waals surface area (Å²) in [4.78, 5) is 11.1. The molecule has 0 spiro atoms. The maximum Gasteiger partial charge on any atom is 0.391 e. The van der Waals surface area contributed by atoms with Crippen LogP contribution in [0.3, 0.4) is 0 Å². The van der Waals surface area contributed by atoms with Gasteiger partial charge in [-0.1, -0.05) is 6.42 Å². The minimum atomic E-state index is -4.16. The number of halogens is 4. The molecule has 0 radical (unpaired) electrons. The first-order valence-electron chi connectivity index (χ1n) is 4.60. The van der Waals surface area contributed by atoms with Gasteiger partial charge in [-0.3, -0.25) is 4.79 Å². The van der Waals surface area contributed by atoms with E-state index in [1.807, 2.05) is 0 Å². The molecule has 0 aromatic carbocycles. The van der Waals surface area contributed by atoms with Crippen molar-refractivity contribution < 1.29 is 18.0 Å². The molecule has 14 heavy (non-hydrogen) atoms. The Bertz CT molecular complexity index is 215. The summed E-state index contributed by atoms with van der Waals surface area (Å²) >= 11 is 5.32. The zero-order chi connectivity index (χ0) is 10.8. The summed E-state index contributed by atoms with van der Waals surface area (Å²) in [6.45, 7) is 0. The van der Waals surface area contributed by atoms with E-state index in [4.69, 9.17) is 11.6 Å². The molecule has 1 rings (SSSR count). The van der Waals surface area contributed by atoms with Crippen LogP contribution in [-0.2, 0) is 4.79 Å². The number of Topliss-reactive ketones (excluding diaryl/α,β-unsaturated/α-hetero) is 1. The molecule has 1 aliphatic carbocycles. The van der Waals surface area contributed by atoms with E-state index >= 15 is 0 Å². The topological polar surface area (TPSA) is 17.1 Å². The van der Waals surface area contributed by atoms with Crippen LogP contribution >= 0.6 is 11.6 Å². The summed E-state index contributed by atoms with van der Waals surface area (Å²) in [5, 5.41) is 0. The molecular weight excluding hydrogens is 217 g/mol. The molecule has 82 valence electrons. The van der Waals surface area contributed by atoms with Crippen LogP contribution in [0, 0.1) is 11.8 Å². The summed E-state index contributed by atoms with van der Waals surface area (Å²) in [6.07, 6.45) is -3.06. The molecule has 0 heterocycles. The van der Waals surface area contributed by atoms with Crippen LogP contribution in [0.1, 0.15) is 25.7 Å². The third-order valence-corrected chi connectivity index (χ3v) is 2.99. The fourth-order valence-electron chi connectivity index (χ4n) is 1.89. The van der Waals surface area contributed by atoms with Crippen molar-refractivity contribution >= 4 is 17.4 Å². The molecule has 1 nitrogen and oxygen atoms in total. The van der Waals surface area contributed by atoms with Gasteiger partial charge in [-0.15, -0.1) is 11.6 Å². The lowest BCUT2D eigenvalue weighted by Gasteiger charge is -2.29. The minimum absolute atomic E-state index is 0.0744. The van der Waals surface area contributed by atoms with E-state index in [1.54, 1.807) is 0 Å². The van der Waals surface area contributed by atoms with Crippen LogP contribution in [0.4, 0.5) is 13.2 Å². The van der Waals surface area contributed by atoms with Crippen LogP contribution in [0.25, 0.3) is 0 Å². The first-order valence-corrected chi connectivity index (χ1v) is 5.14. The lowest BCUT2D eigenvalue weighted by atomic mass is 9.79. The number of ketones is 1. The Kier molecular flexibility index (Phi) is 3.81. The van der Waals surface area contributed by atoms with Crippen molar-refractivity contribution in [1.82, 2.24) is 0 Å². The summed E-state index contributed by atoms with van der Waals surface area (Å²) in [7, 11) is 0. The van der Waals surface area contributed by atoms with Gasteiger partial charge in [-0.05, 0) is 19.3 Å². The molecule has 0 unspecified atom stereocenters. The summed E-state index contributed by atoms with van der Waals surface area (Å²) in [6, 6.07) is 0. The largest absolute Gasteiger partial charge is 0.391 e. The predicted octanol–water partition coefficient (Wildman–Crippen LogP) is 3.16. The van der Waals surface area contributed by atoms with E-state index in [1.165, 1.54) is 0 Å². The molecule has 0 aliphatic heterocycles. The third-order valence-electron chi connectivity index (χ3n) is 2.72. The standard InChI is InChI=1S/C9H12ClF3O/c10-5-8(14)6-2-1-3-7(4-6)9(11,12)13/h6-7H,1-5H2/t6-,7-/m0/s1. The van der Waals surface area contributed by atoms with Crippen LogP contribution in [0.2, 0.25) is 0 Å². The van der Waals surface area contributed by atoms with E-state index in [9.17, 15) is 18.0 Å². The Hall–Kier alpha value is -0.250. The molecule has 1 saturated carbocycles. The molecule has 1 fully saturated rings. The van der Waals surface area contributed by atoms with E-state index < -0.39 is 18.0 Å². The molecule has 5 heteroatoms. The Morgan fingerprint density at radius 2 is 2.00 bits per heavy atom.